The van der Waals surface area contributed by atoms with Crippen molar-refractivity contribution in [2.24, 2.45) is 0 Å². The quantitative estimate of drug-likeness (QED) is 0.331. The number of nitrogens with zero attached hydrogens (tertiary/aromatic N) is 3. The Morgan fingerprint density at radius 1 is 1.11 bits per heavy atom. The second kappa shape index (κ2) is 8.09. The van der Waals surface area contributed by atoms with E-state index in [4.69, 9.17) is 13.9 Å². The van der Waals surface area contributed by atoms with Crippen LogP contribution in [-0.2, 0) is 0 Å². The molecule has 27 heavy (non-hydrogen) atoms. The molecule has 0 saturated heterocycles. The predicted molar refractivity (Wildman–Crippen MR) is 100 cm³/mol. The molecule has 0 aliphatic rings. The molecule has 9 heteroatoms. The van der Waals surface area contributed by atoms with E-state index in [0.717, 1.165) is 5.56 Å². The van der Waals surface area contributed by atoms with E-state index in [9.17, 15) is 10.1 Å². The van der Waals surface area contributed by atoms with E-state index in [1.54, 1.807) is 44.6 Å². The second-order valence-corrected chi connectivity index (χ2v) is 6.85. The number of hydrogen-bond acceptors (Lipinski definition) is 8. The Kier molecular flexibility index (Phi) is 5.60. The van der Waals surface area contributed by atoms with Crippen LogP contribution in [0.15, 0.2) is 52.1 Å². The van der Waals surface area contributed by atoms with Gasteiger partial charge in [0.1, 0.15) is 0 Å². The highest BCUT2D eigenvalue weighted by molar-refractivity contribution is 7.99. The van der Waals surface area contributed by atoms with Gasteiger partial charge in [-0.1, -0.05) is 23.9 Å². The number of ether oxygens (including phenoxy) is 2. The molecule has 0 fully saturated rings. The summed E-state index contributed by atoms with van der Waals surface area (Å²) in [7, 11) is 3.12. The van der Waals surface area contributed by atoms with Crippen molar-refractivity contribution in [2.45, 2.75) is 17.4 Å². The number of benzene rings is 2. The van der Waals surface area contributed by atoms with Crippen molar-refractivity contribution in [1.29, 1.82) is 0 Å². The summed E-state index contributed by atoms with van der Waals surface area (Å²) in [5, 5.41) is 19.3. The van der Waals surface area contributed by atoms with E-state index in [2.05, 4.69) is 10.2 Å². The first-order valence-corrected chi connectivity index (χ1v) is 8.86. The van der Waals surface area contributed by atoms with Crippen LogP contribution in [0.25, 0.3) is 11.5 Å². The summed E-state index contributed by atoms with van der Waals surface area (Å²) in [5.74, 6) is 1.52. The molecule has 3 rings (SSSR count). The number of methoxy groups -OCH3 is 2. The van der Waals surface area contributed by atoms with Gasteiger partial charge < -0.3 is 13.9 Å². The Hall–Kier alpha value is -3.07. The van der Waals surface area contributed by atoms with E-state index in [1.165, 1.54) is 17.8 Å². The minimum absolute atomic E-state index is 0.0523. The molecule has 1 atom stereocenters. The highest BCUT2D eigenvalue weighted by Gasteiger charge is 2.17. The number of hydrogen-bond donors (Lipinski definition) is 0. The molecule has 0 radical (unpaired) electrons. The molecule has 0 amide bonds. The third-order valence-corrected chi connectivity index (χ3v) is 4.86. The maximum atomic E-state index is 10.9. The van der Waals surface area contributed by atoms with Crippen LogP contribution in [0.4, 0.5) is 5.69 Å². The van der Waals surface area contributed by atoms with Gasteiger partial charge in [0.15, 0.2) is 11.5 Å². The Bertz CT molecular complexity index is 960. The summed E-state index contributed by atoms with van der Waals surface area (Å²) in [6, 6.07) is 11.8. The van der Waals surface area contributed by atoms with E-state index in [0.29, 0.717) is 28.2 Å². The minimum atomic E-state index is -0.414. The van der Waals surface area contributed by atoms with Crippen LogP contribution in [0.3, 0.4) is 0 Å². The fourth-order valence-electron chi connectivity index (χ4n) is 2.45. The van der Waals surface area contributed by atoms with Gasteiger partial charge in [-0.15, -0.1) is 10.2 Å². The maximum Gasteiger partial charge on any atom is 0.277 e. The van der Waals surface area contributed by atoms with E-state index >= 15 is 0 Å². The molecule has 0 aliphatic heterocycles. The van der Waals surface area contributed by atoms with Crippen LogP contribution in [0.5, 0.6) is 11.5 Å². The van der Waals surface area contributed by atoms with Crippen LogP contribution in [0, 0.1) is 10.1 Å². The molecule has 2 aromatic carbocycles. The fraction of sp³-hybridized carbons (Fsp3) is 0.222. The summed E-state index contributed by atoms with van der Waals surface area (Å²) in [6.45, 7) is 1.92. The van der Waals surface area contributed by atoms with Gasteiger partial charge in [0.05, 0.1) is 19.1 Å². The van der Waals surface area contributed by atoms with Crippen molar-refractivity contribution in [3.8, 4) is 23.0 Å². The summed E-state index contributed by atoms with van der Waals surface area (Å²) in [6.07, 6.45) is 0. The average molecular weight is 387 g/mol. The molecule has 0 saturated carbocycles. The molecule has 0 aliphatic carbocycles. The molecule has 1 heterocycles. The smallest absolute Gasteiger partial charge is 0.277 e. The first-order chi connectivity index (χ1) is 13.0. The van der Waals surface area contributed by atoms with E-state index in [1.807, 2.05) is 13.0 Å². The van der Waals surface area contributed by atoms with Crippen molar-refractivity contribution in [1.82, 2.24) is 10.2 Å². The normalized spacial score (nSPS) is 11.8. The molecule has 1 aromatic heterocycles. The van der Waals surface area contributed by atoms with Gasteiger partial charge in [-0.25, -0.2) is 0 Å². The standard InChI is InChI=1S/C18H17N3O5S/c1-11(12-5-4-6-14(9-12)21(22)23)27-18-20-19-17(26-18)13-7-8-15(24-2)16(10-13)25-3/h4-11H,1-3H3/t11-/m0/s1. The second-order valence-electron chi connectivity index (χ2n) is 5.56. The van der Waals surface area contributed by atoms with Crippen molar-refractivity contribution < 1.29 is 18.8 Å². The van der Waals surface area contributed by atoms with Crippen molar-refractivity contribution in [2.75, 3.05) is 14.2 Å². The molecule has 0 unspecified atom stereocenters. The highest BCUT2D eigenvalue weighted by atomic mass is 32.2. The number of nitro groups is 1. The summed E-state index contributed by atoms with van der Waals surface area (Å²) in [4.78, 5) is 10.5. The van der Waals surface area contributed by atoms with Gasteiger partial charge in [-0.3, -0.25) is 10.1 Å². The van der Waals surface area contributed by atoms with Crippen molar-refractivity contribution in [3.05, 3.63) is 58.1 Å². The van der Waals surface area contributed by atoms with Crippen LogP contribution in [0.1, 0.15) is 17.7 Å². The number of non-ortho nitro benzene ring substituents is 1. The van der Waals surface area contributed by atoms with Crippen LogP contribution < -0.4 is 9.47 Å². The maximum absolute atomic E-state index is 10.9. The molecule has 0 spiro atoms. The first kappa shape index (κ1) is 18.7. The van der Waals surface area contributed by atoms with Crippen LogP contribution in [0.2, 0.25) is 0 Å². The molecule has 8 nitrogen and oxygen atoms in total. The molecule has 140 valence electrons. The Balaban J connectivity index is 1.78. The zero-order valence-electron chi connectivity index (χ0n) is 14.9. The van der Waals surface area contributed by atoms with Gasteiger partial charge in [-0.2, -0.15) is 0 Å². The number of thioether (sulfide) groups is 1. The monoisotopic (exact) mass is 387 g/mol. The third-order valence-electron chi connectivity index (χ3n) is 3.86. The van der Waals surface area contributed by atoms with Crippen molar-refractivity contribution in [3.63, 3.8) is 0 Å². The zero-order chi connectivity index (χ0) is 19.4. The number of nitro benzene ring substituents is 1. The lowest BCUT2D eigenvalue weighted by molar-refractivity contribution is -0.384. The lowest BCUT2D eigenvalue weighted by atomic mass is 10.1. The lowest BCUT2D eigenvalue weighted by Gasteiger charge is -2.08. The minimum Gasteiger partial charge on any atom is -0.493 e. The fourth-order valence-corrected chi connectivity index (χ4v) is 3.25. The summed E-state index contributed by atoms with van der Waals surface area (Å²) < 4.78 is 16.2. The van der Waals surface area contributed by atoms with Crippen LogP contribution >= 0.6 is 11.8 Å². The molecule has 0 bridgehead atoms. The zero-order valence-corrected chi connectivity index (χ0v) is 15.7. The molecule has 3 aromatic rings. The molecule has 0 N–H and O–H groups in total. The largest absolute Gasteiger partial charge is 0.493 e. The first-order valence-electron chi connectivity index (χ1n) is 7.98. The lowest BCUT2D eigenvalue weighted by Crippen LogP contribution is -1.92. The van der Waals surface area contributed by atoms with Gasteiger partial charge in [0, 0.05) is 22.9 Å². The van der Waals surface area contributed by atoms with E-state index in [-0.39, 0.29) is 10.9 Å². The highest BCUT2D eigenvalue weighted by Crippen LogP contribution is 2.37. The average Bonchev–Trinajstić information content (AvgIpc) is 3.15. The Labute approximate surface area is 159 Å². The topological polar surface area (TPSA) is 101 Å². The van der Waals surface area contributed by atoms with Gasteiger partial charge in [0.25, 0.3) is 10.9 Å². The SMILES string of the molecule is COc1ccc(-c2nnc(S[C@@H](C)c3cccc([N+](=O)[O-])c3)o2)cc1OC. The Morgan fingerprint density at radius 3 is 2.59 bits per heavy atom. The Morgan fingerprint density at radius 2 is 1.89 bits per heavy atom. The summed E-state index contributed by atoms with van der Waals surface area (Å²) in [5.41, 5.74) is 1.56. The van der Waals surface area contributed by atoms with Gasteiger partial charge in [0.2, 0.25) is 5.89 Å². The molecular weight excluding hydrogens is 370 g/mol. The third kappa shape index (κ3) is 4.20. The number of aromatic nitrogens is 2. The van der Waals surface area contributed by atoms with Crippen molar-refractivity contribution >= 4 is 17.4 Å². The van der Waals surface area contributed by atoms with Crippen LogP contribution in [-0.4, -0.2) is 29.3 Å². The number of rotatable bonds is 7. The van der Waals surface area contributed by atoms with E-state index < -0.39 is 4.92 Å². The van der Waals surface area contributed by atoms with Gasteiger partial charge in [-0.05, 0) is 30.7 Å². The summed E-state index contributed by atoms with van der Waals surface area (Å²) >= 11 is 1.33. The molecular formula is C18H17N3O5S. The predicted octanol–water partition coefficient (Wildman–Crippen LogP) is 4.52. The van der Waals surface area contributed by atoms with Gasteiger partial charge >= 0.3 is 0 Å².